The maximum absolute atomic E-state index is 13.8. The van der Waals surface area contributed by atoms with Crippen LogP contribution in [0.3, 0.4) is 0 Å². The van der Waals surface area contributed by atoms with Crippen molar-refractivity contribution in [3.8, 4) is 5.75 Å². The number of carbonyl (C=O) groups excluding carboxylic acids is 1. The maximum atomic E-state index is 13.8. The third-order valence-electron chi connectivity index (χ3n) is 3.79. The number of ether oxygens (including phenoxy) is 1. The summed E-state index contributed by atoms with van der Waals surface area (Å²) in [6.07, 6.45) is 1.78. The minimum Gasteiger partial charge on any atom is -0.489 e. The highest BCUT2D eigenvalue weighted by Gasteiger charge is 2.30. The fourth-order valence-corrected chi connectivity index (χ4v) is 4.05. The predicted molar refractivity (Wildman–Crippen MR) is 108 cm³/mol. The van der Waals surface area contributed by atoms with Crippen LogP contribution in [-0.4, -0.2) is 21.7 Å². The van der Waals surface area contributed by atoms with Crippen molar-refractivity contribution in [3.63, 3.8) is 0 Å². The summed E-state index contributed by atoms with van der Waals surface area (Å²) >= 11 is 12.5. The molecule has 26 heavy (non-hydrogen) atoms. The number of hydrogen-bond donors (Lipinski definition) is 0. The number of amides is 1. The molecule has 3 rings (SSSR count). The van der Waals surface area contributed by atoms with Crippen molar-refractivity contribution < 1.29 is 13.9 Å². The SMILES string of the molecule is CCN1C(=O)/C(=C\c2cccc(OCc3c(F)cccc3Cl)c2)SC1=S. The summed E-state index contributed by atoms with van der Waals surface area (Å²) in [7, 11) is 0. The first-order chi connectivity index (χ1) is 12.5. The van der Waals surface area contributed by atoms with Crippen molar-refractivity contribution in [1.82, 2.24) is 4.90 Å². The van der Waals surface area contributed by atoms with Crippen LogP contribution in [0.2, 0.25) is 5.02 Å². The average Bonchev–Trinajstić information content (AvgIpc) is 2.88. The molecule has 1 aliphatic heterocycles. The van der Waals surface area contributed by atoms with Crippen LogP contribution in [0.4, 0.5) is 4.39 Å². The lowest BCUT2D eigenvalue weighted by Gasteiger charge is -2.10. The number of rotatable bonds is 5. The summed E-state index contributed by atoms with van der Waals surface area (Å²) in [5.41, 5.74) is 1.11. The number of carbonyl (C=O) groups is 1. The van der Waals surface area contributed by atoms with E-state index in [9.17, 15) is 9.18 Å². The predicted octanol–water partition coefficient (Wildman–Crippen LogP) is 5.28. The molecule has 0 saturated carbocycles. The van der Waals surface area contributed by atoms with Gasteiger partial charge in [0.1, 0.15) is 22.5 Å². The topological polar surface area (TPSA) is 29.5 Å². The minimum absolute atomic E-state index is 0.0207. The van der Waals surface area contributed by atoms with E-state index in [1.807, 2.05) is 19.1 Å². The number of likely N-dealkylation sites (N-methyl/N-ethyl adjacent to an activating group) is 1. The number of hydrogen-bond acceptors (Lipinski definition) is 4. The van der Waals surface area contributed by atoms with Crippen LogP contribution in [0.5, 0.6) is 5.75 Å². The second-order valence-corrected chi connectivity index (χ2v) is 7.57. The van der Waals surface area contributed by atoms with E-state index in [0.717, 1.165) is 5.56 Å². The first kappa shape index (κ1) is 18.9. The first-order valence-electron chi connectivity index (χ1n) is 7.90. The molecule has 0 atom stereocenters. The molecule has 0 radical (unpaired) electrons. The molecular formula is C19H15ClFNO2S2. The number of thioether (sulfide) groups is 1. The summed E-state index contributed by atoms with van der Waals surface area (Å²) in [6, 6.07) is 11.7. The van der Waals surface area contributed by atoms with Crippen molar-refractivity contribution in [3.05, 3.63) is 69.3 Å². The summed E-state index contributed by atoms with van der Waals surface area (Å²) in [4.78, 5) is 14.4. The molecule has 0 aromatic heterocycles. The Morgan fingerprint density at radius 1 is 1.31 bits per heavy atom. The third-order valence-corrected chi connectivity index (χ3v) is 5.52. The van der Waals surface area contributed by atoms with Crippen LogP contribution in [0.25, 0.3) is 6.08 Å². The van der Waals surface area contributed by atoms with E-state index in [1.165, 1.54) is 17.8 Å². The van der Waals surface area contributed by atoms with Gasteiger partial charge in [0.2, 0.25) is 0 Å². The lowest BCUT2D eigenvalue weighted by atomic mass is 10.2. The Kier molecular flexibility index (Phi) is 5.96. The third kappa shape index (κ3) is 4.09. The van der Waals surface area contributed by atoms with Crippen molar-refractivity contribution >= 4 is 51.9 Å². The zero-order valence-electron chi connectivity index (χ0n) is 13.9. The molecule has 0 spiro atoms. The zero-order chi connectivity index (χ0) is 18.7. The summed E-state index contributed by atoms with van der Waals surface area (Å²) in [6.45, 7) is 2.46. The van der Waals surface area contributed by atoms with E-state index in [4.69, 9.17) is 28.6 Å². The quantitative estimate of drug-likeness (QED) is 0.498. The van der Waals surface area contributed by atoms with Crippen LogP contribution in [0, 0.1) is 5.82 Å². The van der Waals surface area contributed by atoms with Crippen molar-refractivity contribution in [1.29, 1.82) is 0 Å². The lowest BCUT2D eigenvalue weighted by molar-refractivity contribution is -0.121. The van der Waals surface area contributed by atoms with Gasteiger partial charge in [-0.15, -0.1) is 0 Å². The van der Waals surface area contributed by atoms with E-state index >= 15 is 0 Å². The zero-order valence-corrected chi connectivity index (χ0v) is 16.3. The number of nitrogens with zero attached hydrogens (tertiary/aromatic N) is 1. The second kappa shape index (κ2) is 8.20. The first-order valence-corrected chi connectivity index (χ1v) is 9.51. The highest BCUT2D eigenvalue weighted by Crippen LogP contribution is 2.32. The summed E-state index contributed by atoms with van der Waals surface area (Å²) in [5, 5.41) is 0.324. The molecule has 1 fully saturated rings. The Bertz CT molecular complexity index is 881. The Morgan fingerprint density at radius 3 is 2.77 bits per heavy atom. The highest BCUT2D eigenvalue weighted by molar-refractivity contribution is 8.26. The van der Waals surface area contributed by atoms with E-state index in [2.05, 4.69) is 0 Å². The molecule has 2 aromatic carbocycles. The van der Waals surface area contributed by atoms with Gasteiger partial charge in [-0.25, -0.2) is 4.39 Å². The number of halogens is 2. The van der Waals surface area contributed by atoms with Gasteiger partial charge in [-0.1, -0.05) is 53.8 Å². The Hall–Kier alpha value is -1.89. The molecule has 0 bridgehead atoms. The number of benzene rings is 2. The summed E-state index contributed by atoms with van der Waals surface area (Å²) < 4.78 is 20.0. The van der Waals surface area contributed by atoms with E-state index in [1.54, 1.807) is 35.2 Å². The fourth-order valence-electron chi connectivity index (χ4n) is 2.44. The molecular weight excluding hydrogens is 393 g/mol. The molecule has 0 N–H and O–H groups in total. The second-order valence-electron chi connectivity index (χ2n) is 5.49. The molecule has 0 aliphatic carbocycles. The van der Waals surface area contributed by atoms with Crippen molar-refractivity contribution in [2.75, 3.05) is 6.54 Å². The van der Waals surface area contributed by atoms with Gasteiger partial charge in [0.25, 0.3) is 5.91 Å². The highest BCUT2D eigenvalue weighted by atomic mass is 35.5. The molecule has 7 heteroatoms. The van der Waals surface area contributed by atoms with Crippen molar-refractivity contribution in [2.24, 2.45) is 0 Å². The Balaban J connectivity index is 1.76. The molecule has 1 heterocycles. The van der Waals surface area contributed by atoms with E-state index in [-0.39, 0.29) is 12.5 Å². The van der Waals surface area contributed by atoms with Crippen molar-refractivity contribution in [2.45, 2.75) is 13.5 Å². The van der Waals surface area contributed by atoms with Gasteiger partial charge >= 0.3 is 0 Å². The van der Waals surface area contributed by atoms with Gasteiger partial charge in [0, 0.05) is 12.1 Å². The summed E-state index contributed by atoms with van der Waals surface area (Å²) in [5.74, 6) is 0.0629. The van der Waals surface area contributed by atoms with E-state index in [0.29, 0.717) is 32.1 Å². The largest absolute Gasteiger partial charge is 0.489 e. The van der Waals surface area contributed by atoms with Crippen LogP contribution < -0.4 is 4.74 Å². The average molecular weight is 408 g/mol. The smallest absolute Gasteiger partial charge is 0.266 e. The standard InChI is InChI=1S/C19H15ClFNO2S2/c1-2-22-18(23)17(26-19(22)25)10-12-5-3-6-13(9-12)24-11-14-15(20)7-4-8-16(14)21/h3-10H,2,11H2,1H3/b17-10+. The lowest BCUT2D eigenvalue weighted by Crippen LogP contribution is -2.27. The van der Waals surface area contributed by atoms with Gasteiger partial charge < -0.3 is 4.74 Å². The van der Waals surface area contributed by atoms with Gasteiger partial charge in [-0.2, -0.15) is 0 Å². The minimum atomic E-state index is -0.406. The van der Waals surface area contributed by atoms with Crippen LogP contribution in [0.1, 0.15) is 18.1 Å². The molecule has 134 valence electrons. The Morgan fingerprint density at radius 2 is 2.08 bits per heavy atom. The van der Waals surface area contributed by atoms with Gasteiger partial charge in [0.05, 0.1) is 9.93 Å². The molecule has 1 saturated heterocycles. The number of thiocarbonyl (C=S) groups is 1. The van der Waals surface area contributed by atoms with Crippen LogP contribution >= 0.6 is 35.6 Å². The van der Waals surface area contributed by atoms with Gasteiger partial charge in [-0.3, -0.25) is 9.69 Å². The van der Waals surface area contributed by atoms with Gasteiger partial charge in [0.15, 0.2) is 0 Å². The maximum Gasteiger partial charge on any atom is 0.266 e. The van der Waals surface area contributed by atoms with Crippen LogP contribution in [-0.2, 0) is 11.4 Å². The Labute approximate surface area is 165 Å². The van der Waals surface area contributed by atoms with Crippen LogP contribution in [0.15, 0.2) is 47.4 Å². The fraction of sp³-hybridized carbons (Fsp3) is 0.158. The van der Waals surface area contributed by atoms with Gasteiger partial charge in [-0.05, 0) is 42.8 Å². The molecule has 1 amide bonds. The monoisotopic (exact) mass is 407 g/mol. The molecule has 1 aliphatic rings. The van der Waals surface area contributed by atoms with E-state index < -0.39 is 5.82 Å². The molecule has 3 nitrogen and oxygen atoms in total. The normalized spacial score (nSPS) is 15.8. The molecule has 2 aromatic rings. The molecule has 0 unspecified atom stereocenters.